The fourth-order valence-electron chi connectivity index (χ4n) is 4.43. The molecule has 0 aliphatic heterocycles. The second-order valence-electron chi connectivity index (χ2n) is 8.32. The van der Waals surface area contributed by atoms with Crippen molar-refractivity contribution in [3.05, 3.63) is 95.9 Å². The van der Waals surface area contributed by atoms with Gasteiger partial charge in [-0.3, -0.25) is 4.57 Å². The largest absolute Gasteiger partial charge is 0.292 e. The van der Waals surface area contributed by atoms with Crippen molar-refractivity contribution in [3.8, 4) is 17.1 Å². The van der Waals surface area contributed by atoms with E-state index in [-0.39, 0.29) is 0 Å². The van der Waals surface area contributed by atoms with E-state index in [0.717, 1.165) is 16.9 Å². The minimum atomic E-state index is 0.494. The number of hydrogen-bond donors (Lipinski definition) is 0. The van der Waals surface area contributed by atoms with Gasteiger partial charge in [-0.25, -0.2) is 4.98 Å². The van der Waals surface area contributed by atoms with E-state index in [2.05, 4.69) is 109 Å². The lowest BCUT2D eigenvalue weighted by atomic mass is 10.0. The Bertz CT molecular complexity index is 1560. The second-order valence-corrected chi connectivity index (χ2v) is 9.23. The highest BCUT2D eigenvalue weighted by Crippen LogP contribution is 2.39. The zero-order valence-electron chi connectivity index (χ0n) is 17.5. The number of fused-ring (bicyclic) bond motifs is 3. The highest BCUT2D eigenvalue weighted by atomic mass is 32.1. The predicted octanol–water partition coefficient (Wildman–Crippen LogP) is 8.18. The summed E-state index contributed by atoms with van der Waals surface area (Å²) < 4.78 is 3.64. The van der Waals surface area contributed by atoms with Crippen molar-refractivity contribution in [1.82, 2.24) is 9.55 Å². The summed E-state index contributed by atoms with van der Waals surface area (Å²) >= 11 is 1.79. The molecular formula is C28H22N2S. The van der Waals surface area contributed by atoms with E-state index < -0.39 is 0 Å². The van der Waals surface area contributed by atoms with E-state index in [1.54, 1.807) is 11.3 Å². The summed E-state index contributed by atoms with van der Waals surface area (Å²) in [6, 6.07) is 30.4. The average Bonchev–Trinajstić information content (AvgIpc) is 3.39. The number of aromatic nitrogens is 2. The minimum Gasteiger partial charge on any atom is -0.292 e. The Kier molecular flexibility index (Phi) is 4.18. The third-order valence-electron chi connectivity index (χ3n) is 6.07. The Morgan fingerprint density at radius 2 is 1.61 bits per heavy atom. The molecule has 0 atom stereocenters. The van der Waals surface area contributed by atoms with Gasteiger partial charge in [-0.2, -0.15) is 0 Å². The molecular weight excluding hydrogens is 396 g/mol. The molecule has 6 rings (SSSR count). The van der Waals surface area contributed by atoms with Crippen molar-refractivity contribution < 1.29 is 0 Å². The van der Waals surface area contributed by atoms with Crippen molar-refractivity contribution in [2.45, 2.75) is 19.8 Å². The van der Waals surface area contributed by atoms with Gasteiger partial charge in [0.15, 0.2) is 0 Å². The summed E-state index contributed by atoms with van der Waals surface area (Å²) in [4.78, 5) is 5.13. The summed E-state index contributed by atoms with van der Waals surface area (Å²) in [6.07, 6.45) is 0. The van der Waals surface area contributed by atoms with E-state index in [9.17, 15) is 0 Å². The first-order chi connectivity index (χ1) is 15.2. The van der Waals surface area contributed by atoms with Crippen molar-refractivity contribution in [3.63, 3.8) is 0 Å². The molecule has 150 valence electrons. The monoisotopic (exact) mass is 418 g/mol. The van der Waals surface area contributed by atoms with Crippen molar-refractivity contribution >= 4 is 43.2 Å². The average molecular weight is 419 g/mol. The Morgan fingerprint density at radius 3 is 2.52 bits per heavy atom. The van der Waals surface area contributed by atoms with Crippen LogP contribution in [0.25, 0.3) is 49.0 Å². The molecule has 0 spiro atoms. The Balaban J connectivity index is 1.71. The van der Waals surface area contributed by atoms with Crippen LogP contribution in [0.2, 0.25) is 0 Å². The van der Waals surface area contributed by atoms with Crippen LogP contribution in [-0.4, -0.2) is 9.55 Å². The topological polar surface area (TPSA) is 17.8 Å². The first kappa shape index (κ1) is 18.3. The molecule has 0 aliphatic rings. The highest BCUT2D eigenvalue weighted by molar-refractivity contribution is 7.17. The number of hydrogen-bond acceptors (Lipinski definition) is 2. The zero-order valence-corrected chi connectivity index (χ0v) is 18.4. The summed E-state index contributed by atoms with van der Waals surface area (Å²) in [5.74, 6) is 1.50. The summed E-state index contributed by atoms with van der Waals surface area (Å²) in [6.45, 7) is 4.50. The maximum Gasteiger partial charge on any atom is 0.147 e. The summed E-state index contributed by atoms with van der Waals surface area (Å²) in [7, 11) is 0. The van der Waals surface area contributed by atoms with Gasteiger partial charge in [-0.1, -0.05) is 68.4 Å². The molecule has 0 bridgehead atoms. The maximum absolute atomic E-state index is 5.13. The first-order valence-electron chi connectivity index (χ1n) is 10.7. The van der Waals surface area contributed by atoms with Gasteiger partial charge in [0.1, 0.15) is 5.82 Å². The third kappa shape index (κ3) is 2.88. The number of benzene rings is 4. The van der Waals surface area contributed by atoms with Crippen LogP contribution in [0.1, 0.15) is 25.3 Å². The van der Waals surface area contributed by atoms with Crippen LogP contribution in [0, 0.1) is 0 Å². The fourth-order valence-corrected chi connectivity index (χ4v) is 5.35. The van der Waals surface area contributed by atoms with Crippen LogP contribution >= 0.6 is 11.3 Å². The van der Waals surface area contributed by atoms with Gasteiger partial charge in [-0.05, 0) is 47.2 Å². The van der Waals surface area contributed by atoms with Gasteiger partial charge in [0, 0.05) is 26.4 Å². The Morgan fingerprint density at radius 1 is 0.806 bits per heavy atom. The predicted molar refractivity (Wildman–Crippen MR) is 133 cm³/mol. The lowest BCUT2D eigenvalue weighted by Crippen LogP contribution is -1.98. The molecule has 6 aromatic rings. The van der Waals surface area contributed by atoms with E-state index in [1.807, 2.05) is 0 Å². The molecule has 0 saturated carbocycles. The van der Waals surface area contributed by atoms with Crippen LogP contribution in [0.15, 0.2) is 90.3 Å². The number of thiophene rings is 1. The van der Waals surface area contributed by atoms with E-state index in [4.69, 9.17) is 4.98 Å². The quantitative estimate of drug-likeness (QED) is 0.283. The molecule has 4 aromatic carbocycles. The molecule has 3 heteroatoms. The van der Waals surface area contributed by atoms with Crippen LogP contribution in [0.4, 0.5) is 0 Å². The number of para-hydroxylation sites is 2. The number of rotatable bonds is 3. The molecule has 0 fully saturated rings. The van der Waals surface area contributed by atoms with Crippen LogP contribution in [0.5, 0.6) is 0 Å². The highest BCUT2D eigenvalue weighted by Gasteiger charge is 2.19. The molecule has 0 radical (unpaired) electrons. The van der Waals surface area contributed by atoms with Crippen LogP contribution in [-0.2, 0) is 0 Å². The van der Waals surface area contributed by atoms with Crippen molar-refractivity contribution in [1.29, 1.82) is 0 Å². The fraction of sp³-hybridized carbons (Fsp3) is 0.107. The van der Waals surface area contributed by atoms with Gasteiger partial charge in [-0.15, -0.1) is 11.3 Å². The van der Waals surface area contributed by atoms with E-state index in [0.29, 0.717) is 5.92 Å². The molecule has 0 amide bonds. The lowest BCUT2D eigenvalue weighted by molar-refractivity contribution is 0.869. The smallest absolute Gasteiger partial charge is 0.147 e. The molecule has 2 nitrogen and oxygen atoms in total. The van der Waals surface area contributed by atoms with E-state index >= 15 is 0 Å². The van der Waals surface area contributed by atoms with E-state index in [1.165, 1.54) is 37.7 Å². The third-order valence-corrected chi connectivity index (χ3v) is 7.04. The summed E-state index contributed by atoms with van der Waals surface area (Å²) in [5, 5.41) is 6.02. The standard InChI is InChI=1S/C28H22N2S/c1-18(2)20-14-15-27-22(16-20)23(17-31-27)28-29-24-11-5-6-12-26(24)30(28)25-13-7-9-19-8-3-4-10-21(19)25/h3-18H,1-2H3. The van der Waals surface area contributed by atoms with Gasteiger partial charge in [0.05, 0.1) is 16.7 Å². The van der Waals surface area contributed by atoms with Gasteiger partial charge >= 0.3 is 0 Å². The normalized spacial score (nSPS) is 11.8. The first-order valence-corrected chi connectivity index (χ1v) is 11.6. The Labute approximate surface area is 185 Å². The van der Waals surface area contributed by atoms with Gasteiger partial charge in [0.2, 0.25) is 0 Å². The number of nitrogens with zero attached hydrogens (tertiary/aromatic N) is 2. The molecule has 0 saturated heterocycles. The molecule has 0 unspecified atom stereocenters. The molecule has 31 heavy (non-hydrogen) atoms. The second kappa shape index (κ2) is 7.07. The molecule has 0 aliphatic carbocycles. The molecule has 2 aromatic heterocycles. The van der Waals surface area contributed by atoms with Crippen LogP contribution in [0.3, 0.4) is 0 Å². The Hall–Kier alpha value is -3.43. The zero-order chi connectivity index (χ0) is 20.9. The minimum absolute atomic E-state index is 0.494. The van der Waals surface area contributed by atoms with Gasteiger partial charge < -0.3 is 0 Å². The summed E-state index contributed by atoms with van der Waals surface area (Å²) in [5.41, 5.74) is 5.88. The lowest BCUT2D eigenvalue weighted by Gasteiger charge is -2.13. The van der Waals surface area contributed by atoms with Crippen molar-refractivity contribution in [2.24, 2.45) is 0 Å². The molecule has 0 N–H and O–H groups in total. The molecule has 2 heterocycles. The van der Waals surface area contributed by atoms with Crippen LogP contribution < -0.4 is 0 Å². The maximum atomic E-state index is 5.13. The number of imidazole rings is 1. The SMILES string of the molecule is CC(C)c1ccc2scc(-c3nc4ccccc4n3-c3cccc4ccccc34)c2c1. The van der Waals surface area contributed by atoms with Crippen molar-refractivity contribution in [2.75, 3.05) is 0 Å². The van der Waals surface area contributed by atoms with Gasteiger partial charge in [0.25, 0.3) is 0 Å².